The lowest BCUT2D eigenvalue weighted by Crippen LogP contribution is -2.56. The Morgan fingerprint density at radius 2 is 1.78 bits per heavy atom. The minimum atomic E-state index is -0.499. The van der Waals surface area contributed by atoms with E-state index in [1.807, 2.05) is 18.2 Å². The second-order valence-electron chi connectivity index (χ2n) is 7.20. The maximum atomic E-state index is 14.5. The zero-order chi connectivity index (χ0) is 18.8. The van der Waals surface area contributed by atoms with Crippen LogP contribution in [0.15, 0.2) is 42.6 Å². The number of benzene rings is 1. The van der Waals surface area contributed by atoms with Gasteiger partial charge in [0.05, 0.1) is 0 Å². The molecule has 5 nitrogen and oxygen atoms in total. The van der Waals surface area contributed by atoms with E-state index in [1.165, 1.54) is 11.0 Å². The van der Waals surface area contributed by atoms with Crippen molar-refractivity contribution in [2.24, 2.45) is 0 Å². The predicted octanol–water partition coefficient (Wildman–Crippen LogP) is 3.00. The summed E-state index contributed by atoms with van der Waals surface area (Å²) in [5.74, 6) is -1.36. The van der Waals surface area contributed by atoms with E-state index in [2.05, 4.69) is 4.98 Å². The molecule has 2 amide bonds. The molecular weight excluding hydrogens is 345 g/mol. The number of carbonyl (C=O) groups is 2. The highest BCUT2D eigenvalue weighted by atomic mass is 19.1. The van der Waals surface area contributed by atoms with Crippen LogP contribution in [0.1, 0.15) is 31.2 Å². The molecule has 2 heterocycles. The van der Waals surface area contributed by atoms with Gasteiger partial charge in [-0.15, -0.1) is 0 Å². The fourth-order valence-electron chi connectivity index (χ4n) is 4.00. The molecule has 1 aliphatic carbocycles. The van der Waals surface area contributed by atoms with Crippen LogP contribution in [0.5, 0.6) is 0 Å². The van der Waals surface area contributed by atoms with E-state index < -0.39 is 17.6 Å². The fraction of sp³-hybridized carbons (Fsp3) is 0.381. The maximum Gasteiger partial charge on any atom is 0.312 e. The van der Waals surface area contributed by atoms with Gasteiger partial charge in [0.2, 0.25) is 0 Å². The Kier molecular flexibility index (Phi) is 4.88. The van der Waals surface area contributed by atoms with Crippen LogP contribution < -0.4 is 0 Å². The molecule has 4 rings (SSSR count). The molecule has 1 aromatic heterocycles. The van der Waals surface area contributed by atoms with Gasteiger partial charge in [-0.3, -0.25) is 14.6 Å². The monoisotopic (exact) mass is 367 g/mol. The Hall–Kier alpha value is -2.76. The van der Waals surface area contributed by atoms with Crippen LogP contribution in [-0.2, 0) is 16.1 Å². The number of nitrogens with zero attached hydrogens (tertiary/aromatic N) is 3. The van der Waals surface area contributed by atoms with E-state index >= 15 is 0 Å². The molecule has 0 radical (unpaired) electrons. The lowest BCUT2D eigenvalue weighted by Gasteiger charge is -2.37. The highest BCUT2D eigenvalue weighted by molar-refractivity contribution is 6.35. The van der Waals surface area contributed by atoms with E-state index in [9.17, 15) is 14.0 Å². The van der Waals surface area contributed by atoms with Crippen molar-refractivity contribution in [2.45, 2.75) is 38.3 Å². The molecule has 2 aromatic rings. The van der Waals surface area contributed by atoms with Gasteiger partial charge >= 0.3 is 11.8 Å². The van der Waals surface area contributed by atoms with Gasteiger partial charge in [-0.25, -0.2) is 4.39 Å². The first-order chi connectivity index (χ1) is 13.1. The Bertz CT molecular complexity index is 850. The van der Waals surface area contributed by atoms with E-state index in [1.54, 1.807) is 23.2 Å². The van der Waals surface area contributed by atoms with Crippen LogP contribution >= 0.6 is 0 Å². The number of carbonyl (C=O) groups excluding carboxylic acids is 2. The molecular formula is C21H22FN3O2. The van der Waals surface area contributed by atoms with Gasteiger partial charge < -0.3 is 9.80 Å². The molecule has 1 aromatic carbocycles. The second kappa shape index (κ2) is 7.47. The number of aromatic nitrogens is 1. The Morgan fingerprint density at radius 3 is 2.48 bits per heavy atom. The van der Waals surface area contributed by atoms with Gasteiger partial charge in [0.25, 0.3) is 0 Å². The second-order valence-corrected chi connectivity index (χ2v) is 7.20. The number of halogens is 1. The molecule has 1 saturated carbocycles. The zero-order valence-corrected chi connectivity index (χ0v) is 15.1. The number of piperazine rings is 1. The molecule has 27 heavy (non-hydrogen) atoms. The van der Waals surface area contributed by atoms with Crippen molar-refractivity contribution < 1.29 is 14.0 Å². The van der Waals surface area contributed by atoms with Crippen molar-refractivity contribution in [3.8, 4) is 11.3 Å². The summed E-state index contributed by atoms with van der Waals surface area (Å²) >= 11 is 0. The van der Waals surface area contributed by atoms with Crippen molar-refractivity contribution in [1.82, 2.24) is 14.8 Å². The summed E-state index contributed by atoms with van der Waals surface area (Å²) in [5.41, 5.74) is 1.58. The number of hydrogen-bond acceptors (Lipinski definition) is 3. The Morgan fingerprint density at radius 1 is 1.04 bits per heavy atom. The van der Waals surface area contributed by atoms with Crippen molar-refractivity contribution >= 4 is 11.8 Å². The topological polar surface area (TPSA) is 53.5 Å². The molecule has 0 atom stereocenters. The number of amides is 2. The Labute approximate surface area is 157 Å². The van der Waals surface area contributed by atoms with Gasteiger partial charge in [0.15, 0.2) is 0 Å². The number of hydrogen-bond donors (Lipinski definition) is 0. The molecule has 1 aliphatic heterocycles. The molecule has 2 aliphatic rings. The first kappa shape index (κ1) is 17.6. The molecule has 0 unspecified atom stereocenters. The standard InChI is InChI=1S/C21H22FN3O2/c22-18-12-15(13-23-19(18)16-6-2-1-3-7-16)14-24-10-11-25(21(27)20(24)26)17-8-4-5-9-17/h1-3,6-7,12-13,17H,4-5,8-11,14H2. The van der Waals surface area contributed by atoms with E-state index in [4.69, 9.17) is 0 Å². The minimum absolute atomic E-state index is 0.196. The van der Waals surface area contributed by atoms with E-state index in [0.717, 1.165) is 25.7 Å². The predicted molar refractivity (Wildman–Crippen MR) is 99.0 cm³/mol. The first-order valence-corrected chi connectivity index (χ1v) is 9.43. The van der Waals surface area contributed by atoms with Gasteiger partial charge in [-0.05, 0) is 24.5 Å². The zero-order valence-electron chi connectivity index (χ0n) is 15.1. The van der Waals surface area contributed by atoms with E-state index in [0.29, 0.717) is 24.2 Å². The lowest BCUT2D eigenvalue weighted by molar-refractivity contribution is -0.158. The molecule has 0 spiro atoms. The molecule has 0 N–H and O–H groups in total. The third-order valence-electron chi connectivity index (χ3n) is 5.43. The van der Waals surface area contributed by atoms with Gasteiger partial charge in [-0.2, -0.15) is 0 Å². The van der Waals surface area contributed by atoms with E-state index in [-0.39, 0.29) is 18.3 Å². The first-order valence-electron chi connectivity index (χ1n) is 9.43. The van der Waals surface area contributed by atoms with Gasteiger partial charge in [-0.1, -0.05) is 43.2 Å². The molecule has 0 bridgehead atoms. The van der Waals surface area contributed by atoms with Gasteiger partial charge in [0.1, 0.15) is 11.5 Å². The SMILES string of the molecule is O=C1C(=O)N(C2CCCC2)CCN1Cc1cnc(-c2ccccc2)c(F)c1. The average Bonchev–Trinajstić information content (AvgIpc) is 3.21. The third kappa shape index (κ3) is 3.56. The summed E-state index contributed by atoms with van der Waals surface area (Å²) in [6, 6.07) is 10.7. The van der Waals surface area contributed by atoms with Crippen molar-refractivity contribution in [3.63, 3.8) is 0 Å². The summed E-state index contributed by atoms with van der Waals surface area (Å²) in [5, 5.41) is 0. The highest BCUT2D eigenvalue weighted by Gasteiger charge is 2.37. The van der Waals surface area contributed by atoms with Crippen molar-refractivity contribution in [1.29, 1.82) is 0 Å². The summed E-state index contributed by atoms with van der Waals surface area (Å²) in [7, 11) is 0. The van der Waals surface area contributed by atoms with Crippen LogP contribution in [0.4, 0.5) is 4.39 Å². The highest BCUT2D eigenvalue weighted by Crippen LogP contribution is 2.26. The van der Waals surface area contributed by atoms with Gasteiger partial charge in [0, 0.05) is 37.4 Å². The quantitative estimate of drug-likeness (QED) is 0.781. The normalized spacial score (nSPS) is 18.4. The lowest BCUT2D eigenvalue weighted by atomic mass is 10.1. The largest absolute Gasteiger partial charge is 0.330 e. The minimum Gasteiger partial charge on any atom is -0.330 e. The fourth-order valence-corrected chi connectivity index (χ4v) is 4.00. The molecule has 140 valence electrons. The average molecular weight is 367 g/mol. The Balaban J connectivity index is 1.46. The van der Waals surface area contributed by atoms with Crippen LogP contribution in [0.25, 0.3) is 11.3 Å². The third-order valence-corrected chi connectivity index (χ3v) is 5.43. The van der Waals surface area contributed by atoms with Crippen LogP contribution in [-0.4, -0.2) is 45.7 Å². The molecule has 2 fully saturated rings. The van der Waals surface area contributed by atoms with Crippen molar-refractivity contribution in [2.75, 3.05) is 13.1 Å². The molecule has 1 saturated heterocycles. The van der Waals surface area contributed by atoms with Crippen LogP contribution in [0.3, 0.4) is 0 Å². The molecule has 6 heteroatoms. The smallest absolute Gasteiger partial charge is 0.312 e. The van der Waals surface area contributed by atoms with Crippen LogP contribution in [0.2, 0.25) is 0 Å². The van der Waals surface area contributed by atoms with Crippen molar-refractivity contribution in [3.05, 3.63) is 54.0 Å². The number of rotatable bonds is 4. The summed E-state index contributed by atoms with van der Waals surface area (Å²) in [4.78, 5) is 32.4. The maximum absolute atomic E-state index is 14.5. The summed E-state index contributed by atoms with van der Waals surface area (Å²) in [6.07, 6.45) is 5.77. The summed E-state index contributed by atoms with van der Waals surface area (Å²) < 4.78 is 14.5. The van der Waals surface area contributed by atoms with Crippen LogP contribution in [0, 0.1) is 5.82 Å². The number of pyridine rings is 1. The summed E-state index contributed by atoms with van der Waals surface area (Å²) in [6.45, 7) is 1.22.